The second-order valence-corrected chi connectivity index (χ2v) is 9.29. The number of methoxy groups -OCH3 is 1. The molecule has 0 bridgehead atoms. The summed E-state index contributed by atoms with van der Waals surface area (Å²) >= 11 is 1.21. The van der Waals surface area contributed by atoms with Crippen molar-refractivity contribution >= 4 is 51.3 Å². The number of guanidine groups is 1. The van der Waals surface area contributed by atoms with Crippen LogP contribution in [-0.2, 0) is 14.8 Å². The van der Waals surface area contributed by atoms with E-state index in [0.717, 1.165) is 51.6 Å². The third-order valence-corrected chi connectivity index (χ3v) is 7.18. The fourth-order valence-electron chi connectivity index (χ4n) is 2.87. The van der Waals surface area contributed by atoms with Crippen molar-refractivity contribution in [1.82, 2.24) is 20.3 Å². The molecule has 1 aliphatic rings. The van der Waals surface area contributed by atoms with Crippen LogP contribution in [0, 0.1) is 0 Å². The summed E-state index contributed by atoms with van der Waals surface area (Å²) in [5.74, 6) is 0.739. The molecule has 0 aromatic carbocycles. The molecule has 2 rings (SSSR count). The largest absolute Gasteiger partial charge is 0.383 e. The van der Waals surface area contributed by atoms with Gasteiger partial charge in [0.25, 0.3) is 0 Å². The fraction of sp³-hybridized carbons (Fsp3) is 0.706. The van der Waals surface area contributed by atoms with Crippen LogP contribution in [-0.4, -0.2) is 78.3 Å². The number of nitrogens with one attached hydrogen (secondary N) is 3. The van der Waals surface area contributed by atoms with Gasteiger partial charge in [-0.2, -0.15) is 0 Å². The summed E-state index contributed by atoms with van der Waals surface area (Å²) in [6.07, 6.45) is 2.11. The molecule has 3 N–H and O–H groups in total. The molecule has 1 aromatic rings. The normalized spacial score (nSPS) is 16.6. The van der Waals surface area contributed by atoms with Crippen molar-refractivity contribution in [2.45, 2.75) is 30.0 Å². The number of halogens is 1. The first kappa shape index (κ1) is 25.6. The Morgan fingerprint density at radius 1 is 1.39 bits per heavy atom. The number of piperidine rings is 1. The highest BCUT2D eigenvalue weighted by molar-refractivity contribution is 14.0. The van der Waals surface area contributed by atoms with E-state index in [4.69, 9.17) is 4.74 Å². The predicted octanol–water partition coefficient (Wildman–Crippen LogP) is 1.31. The second-order valence-electron chi connectivity index (χ2n) is 6.34. The Morgan fingerprint density at radius 2 is 2.14 bits per heavy atom. The van der Waals surface area contributed by atoms with Gasteiger partial charge in [0.2, 0.25) is 10.0 Å². The fourth-order valence-corrected chi connectivity index (χ4v) is 4.93. The van der Waals surface area contributed by atoms with Crippen LogP contribution in [0.4, 0.5) is 0 Å². The van der Waals surface area contributed by atoms with E-state index < -0.39 is 10.0 Å². The first-order valence-electron chi connectivity index (χ1n) is 9.34. The van der Waals surface area contributed by atoms with Crippen LogP contribution >= 0.6 is 35.3 Å². The van der Waals surface area contributed by atoms with Crippen LogP contribution in [0.3, 0.4) is 0 Å². The average molecular weight is 546 g/mol. The van der Waals surface area contributed by atoms with E-state index in [-0.39, 0.29) is 30.5 Å². The molecule has 0 aliphatic carbocycles. The highest BCUT2D eigenvalue weighted by Gasteiger charge is 2.19. The number of sulfonamides is 1. The molecule has 1 aliphatic heterocycles. The van der Waals surface area contributed by atoms with Gasteiger partial charge in [0, 0.05) is 45.9 Å². The Labute approximate surface area is 189 Å². The zero-order valence-electron chi connectivity index (χ0n) is 16.5. The minimum Gasteiger partial charge on any atom is -0.383 e. The van der Waals surface area contributed by atoms with Gasteiger partial charge in [-0.1, -0.05) is 6.07 Å². The van der Waals surface area contributed by atoms with Gasteiger partial charge in [0.15, 0.2) is 5.96 Å². The molecule has 0 amide bonds. The maximum Gasteiger partial charge on any atom is 0.250 e. The minimum absolute atomic E-state index is 0. The molecule has 11 heteroatoms. The Kier molecular flexibility index (Phi) is 12.5. The second kappa shape index (κ2) is 13.7. The van der Waals surface area contributed by atoms with E-state index in [0.29, 0.717) is 16.8 Å². The van der Waals surface area contributed by atoms with Crippen molar-refractivity contribution in [3.63, 3.8) is 0 Å². The number of hydrogen-bond donors (Lipinski definition) is 3. The van der Waals surface area contributed by atoms with E-state index in [1.54, 1.807) is 24.6 Å². The van der Waals surface area contributed by atoms with Crippen molar-refractivity contribution in [1.29, 1.82) is 0 Å². The lowest BCUT2D eigenvalue weighted by atomic mass is 10.1. The molecule has 0 saturated carbocycles. The lowest BCUT2D eigenvalue weighted by Crippen LogP contribution is -2.49. The third kappa shape index (κ3) is 8.91. The zero-order valence-corrected chi connectivity index (χ0v) is 20.5. The summed E-state index contributed by atoms with van der Waals surface area (Å²) in [6.45, 7) is 7.26. The predicted molar refractivity (Wildman–Crippen MR) is 125 cm³/mol. The maximum atomic E-state index is 12.1. The number of hydrogen-bond acceptors (Lipinski definition) is 6. The standard InChI is InChI=1S/C17H31N5O3S2.HI/c1-3-18-17(21-15-6-10-22(11-7-15)12-13-25-2)19-8-9-20-27(23,24)16-5-4-14-26-16;/h4-5,14-15,20H,3,6-13H2,1-2H3,(H2,18,19,21);1H. The highest BCUT2D eigenvalue weighted by Crippen LogP contribution is 2.14. The van der Waals surface area contributed by atoms with Gasteiger partial charge in [0.05, 0.1) is 13.2 Å². The molecule has 1 fully saturated rings. The van der Waals surface area contributed by atoms with Crippen molar-refractivity contribution in [2.24, 2.45) is 4.99 Å². The summed E-state index contributed by atoms with van der Waals surface area (Å²) in [5.41, 5.74) is 0. The van der Waals surface area contributed by atoms with E-state index >= 15 is 0 Å². The van der Waals surface area contributed by atoms with Crippen LogP contribution < -0.4 is 15.4 Å². The number of nitrogens with zero attached hydrogens (tertiary/aromatic N) is 2. The molecule has 0 unspecified atom stereocenters. The van der Waals surface area contributed by atoms with E-state index in [1.807, 2.05) is 6.92 Å². The van der Waals surface area contributed by atoms with Gasteiger partial charge in [0.1, 0.15) is 4.21 Å². The SMILES string of the molecule is CCNC(=NCCNS(=O)(=O)c1cccs1)NC1CCN(CCOC)CC1.I. The molecule has 2 heterocycles. The van der Waals surface area contributed by atoms with Crippen molar-refractivity contribution in [3.8, 4) is 0 Å². The molecular weight excluding hydrogens is 513 g/mol. The molecule has 0 spiro atoms. The topological polar surface area (TPSA) is 95.1 Å². The highest BCUT2D eigenvalue weighted by atomic mass is 127. The van der Waals surface area contributed by atoms with E-state index in [9.17, 15) is 8.42 Å². The first-order valence-corrected chi connectivity index (χ1v) is 11.7. The lowest BCUT2D eigenvalue weighted by Gasteiger charge is -2.32. The molecular formula is C17H32IN5O3S2. The van der Waals surface area contributed by atoms with Crippen LogP contribution in [0.15, 0.2) is 26.7 Å². The monoisotopic (exact) mass is 545 g/mol. The summed E-state index contributed by atoms with van der Waals surface area (Å²) in [4.78, 5) is 6.91. The Hall–Kier alpha value is -0.470. The first-order chi connectivity index (χ1) is 13.0. The average Bonchev–Trinajstić information content (AvgIpc) is 3.20. The maximum absolute atomic E-state index is 12.1. The van der Waals surface area contributed by atoms with Gasteiger partial charge in [-0.15, -0.1) is 35.3 Å². The van der Waals surface area contributed by atoms with Gasteiger partial charge >= 0.3 is 0 Å². The summed E-state index contributed by atoms with van der Waals surface area (Å²) in [6, 6.07) is 3.70. The summed E-state index contributed by atoms with van der Waals surface area (Å²) in [5, 5.41) is 8.45. The summed E-state index contributed by atoms with van der Waals surface area (Å²) < 4.78 is 32.2. The minimum atomic E-state index is -3.43. The number of likely N-dealkylation sites (tertiary alicyclic amines) is 1. The Morgan fingerprint density at radius 3 is 2.75 bits per heavy atom. The number of aliphatic imine (C=N–C) groups is 1. The lowest BCUT2D eigenvalue weighted by molar-refractivity contribution is 0.128. The molecule has 1 saturated heterocycles. The molecule has 0 atom stereocenters. The van der Waals surface area contributed by atoms with Gasteiger partial charge in [-0.3, -0.25) is 4.99 Å². The van der Waals surface area contributed by atoms with Crippen molar-refractivity contribution in [3.05, 3.63) is 17.5 Å². The number of ether oxygens (including phenoxy) is 1. The molecule has 1 aromatic heterocycles. The Bertz CT molecular complexity index is 662. The van der Waals surface area contributed by atoms with Gasteiger partial charge in [-0.05, 0) is 31.2 Å². The molecule has 28 heavy (non-hydrogen) atoms. The molecule has 0 radical (unpaired) electrons. The summed E-state index contributed by atoms with van der Waals surface area (Å²) in [7, 11) is -1.70. The quantitative estimate of drug-likeness (QED) is 0.178. The zero-order chi connectivity index (χ0) is 19.5. The van der Waals surface area contributed by atoms with Crippen LogP contribution in [0.5, 0.6) is 0 Å². The van der Waals surface area contributed by atoms with E-state index in [2.05, 4.69) is 25.2 Å². The molecule has 8 nitrogen and oxygen atoms in total. The smallest absolute Gasteiger partial charge is 0.250 e. The Balaban J connectivity index is 0.00000392. The van der Waals surface area contributed by atoms with Crippen LogP contribution in [0.1, 0.15) is 19.8 Å². The number of rotatable bonds is 10. The van der Waals surface area contributed by atoms with Gasteiger partial charge in [-0.25, -0.2) is 13.1 Å². The third-order valence-electron chi connectivity index (χ3n) is 4.32. The van der Waals surface area contributed by atoms with Crippen LogP contribution in [0.2, 0.25) is 0 Å². The van der Waals surface area contributed by atoms with Crippen molar-refractivity contribution < 1.29 is 13.2 Å². The number of thiophene rings is 1. The van der Waals surface area contributed by atoms with Gasteiger partial charge < -0.3 is 20.3 Å². The molecule has 162 valence electrons. The van der Waals surface area contributed by atoms with Crippen LogP contribution in [0.25, 0.3) is 0 Å². The van der Waals surface area contributed by atoms with Crippen molar-refractivity contribution in [2.75, 3.05) is 53.0 Å². The van der Waals surface area contributed by atoms with E-state index in [1.165, 1.54) is 11.3 Å².